The SMILES string of the molecule is CNC(CC(C)(C)C)C1CCOC1. The van der Waals surface area contributed by atoms with E-state index in [1.807, 2.05) is 0 Å². The molecule has 2 heteroatoms. The Hall–Kier alpha value is -0.0800. The lowest BCUT2D eigenvalue weighted by Crippen LogP contribution is -2.37. The van der Waals surface area contributed by atoms with E-state index in [4.69, 9.17) is 4.74 Å². The molecule has 1 rings (SSSR count). The van der Waals surface area contributed by atoms with E-state index < -0.39 is 0 Å². The van der Waals surface area contributed by atoms with Crippen LogP contribution in [-0.2, 0) is 4.74 Å². The molecule has 0 aliphatic carbocycles. The third-order valence-corrected chi connectivity index (χ3v) is 2.74. The Morgan fingerprint density at radius 2 is 2.15 bits per heavy atom. The van der Waals surface area contributed by atoms with Crippen LogP contribution in [0.1, 0.15) is 33.6 Å². The van der Waals surface area contributed by atoms with Crippen LogP contribution in [0.25, 0.3) is 0 Å². The van der Waals surface area contributed by atoms with Gasteiger partial charge in [-0.2, -0.15) is 0 Å². The summed E-state index contributed by atoms with van der Waals surface area (Å²) in [6.45, 7) is 8.79. The van der Waals surface area contributed by atoms with Gasteiger partial charge in [0.1, 0.15) is 0 Å². The number of hydrogen-bond donors (Lipinski definition) is 1. The van der Waals surface area contributed by atoms with Crippen LogP contribution < -0.4 is 5.32 Å². The van der Waals surface area contributed by atoms with Crippen LogP contribution in [0.5, 0.6) is 0 Å². The average Bonchev–Trinajstić information content (AvgIpc) is 2.50. The van der Waals surface area contributed by atoms with E-state index in [0.29, 0.717) is 11.5 Å². The van der Waals surface area contributed by atoms with Crippen LogP contribution in [-0.4, -0.2) is 26.3 Å². The lowest BCUT2D eigenvalue weighted by Gasteiger charge is -2.29. The van der Waals surface area contributed by atoms with E-state index in [2.05, 4.69) is 33.1 Å². The molecular formula is C11H23NO. The first-order valence-electron chi connectivity index (χ1n) is 5.28. The summed E-state index contributed by atoms with van der Waals surface area (Å²) in [7, 11) is 2.06. The standard InChI is InChI=1S/C11H23NO/c1-11(2,3)7-10(12-4)9-5-6-13-8-9/h9-10,12H,5-8H2,1-4H3. The summed E-state index contributed by atoms with van der Waals surface area (Å²) in [5, 5.41) is 3.42. The van der Waals surface area contributed by atoms with Crippen molar-refractivity contribution in [3.05, 3.63) is 0 Å². The Kier molecular flexibility index (Phi) is 3.74. The summed E-state index contributed by atoms with van der Waals surface area (Å²) in [5.41, 5.74) is 0.413. The Labute approximate surface area is 82.0 Å². The van der Waals surface area contributed by atoms with E-state index >= 15 is 0 Å². The van der Waals surface area contributed by atoms with E-state index in [1.165, 1.54) is 12.8 Å². The summed E-state index contributed by atoms with van der Waals surface area (Å²) in [5.74, 6) is 0.726. The fourth-order valence-corrected chi connectivity index (χ4v) is 2.03. The molecule has 1 aliphatic heterocycles. The molecule has 1 fully saturated rings. The van der Waals surface area contributed by atoms with Crippen molar-refractivity contribution >= 4 is 0 Å². The second kappa shape index (κ2) is 4.43. The largest absolute Gasteiger partial charge is 0.381 e. The fourth-order valence-electron chi connectivity index (χ4n) is 2.03. The van der Waals surface area contributed by atoms with Crippen LogP contribution in [0.4, 0.5) is 0 Å². The van der Waals surface area contributed by atoms with Gasteiger partial charge in [0.15, 0.2) is 0 Å². The zero-order valence-electron chi connectivity index (χ0n) is 9.39. The molecule has 2 unspecified atom stereocenters. The Morgan fingerprint density at radius 1 is 1.46 bits per heavy atom. The maximum absolute atomic E-state index is 5.41. The highest BCUT2D eigenvalue weighted by Gasteiger charge is 2.27. The molecule has 0 aromatic rings. The van der Waals surface area contributed by atoms with Crippen molar-refractivity contribution in [2.75, 3.05) is 20.3 Å². The summed E-state index contributed by atoms with van der Waals surface area (Å²) in [6, 6.07) is 0.627. The minimum atomic E-state index is 0.413. The van der Waals surface area contributed by atoms with Gasteiger partial charge in [0.2, 0.25) is 0 Å². The first-order valence-corrected chi connectivity index (χ1v) is 5.28. The monoisotopic (exact) mass is 185 g/mol. The van der Waals surface area contributed by atoms with Gasteiger partial charge >= 0.3 is 0 Å². The van der Waals surface area contributed by atoms with E-state index in [1.54, 1.807) is 0 Å². The topological polar surface area (TPSA) is 21.3 Å². The quantitative estimate of drug-likeness (QED) is 0.726. The van der Waals surface area contributed by atoms with Crippen LogP contribution in [0, 0.1) is 11.3 Å². The van der Waals surface area contributed by atoms with Crippen molar-refractivity contribution in [1.82, 2.24) is 5.32 Å². The molecule has 78 valence electrons. The van der Waals surface area contributed by atoms with Crippen molar-refractivity contribution < 1.29 is 4.74 Å². The van der Waals surface area contributed by atoms with Gasteiger partial charge in [0.05, 0.1) is 6.61 Å². The molecule has 0 amide bonds. The molecule has 2 atom stereocenters. The van der Waals surface area contributed by atoms with Gasteiger partial charge in [0.25, 0.3) is 0 Å². The van der Waals surface area contributed by atoms with E-state index in [-0.39, 0.29) is 0 Å². The number of ether oxygens (including phenoxy) is 1. The van der Waals surface area contributed by atoms with Crippen molar-refractivity contribution in [2.24, 2.45) is 11.3 Å². The molecule has 1 saturated heterocycles. The molecular weight excluding hydrogens is 162 g/mol. The predicted octanol–water partition coefficient (Wildman–Crippen LogP) is 2.05. The van der Waals surface area contributed by atoms with Gasteiger partial charge in [-0.3, -0.25) is 0 Å². The van der Waals surface area contributed by atoms with Crippen molar-refractivity contribution in [2.45, 2.75) is 39.7 Å². The first kappa shape index (κ1) is 11.0. The Balaban J connectivity index is 2.42. The van der Waals surface area contributed by atoms with Crippen LogP contribution >= 0.6 is 0 Å². The van der Waals surface area contributed by atoms with Crippen molar-refractivity contribution in [1.29, 1.82) is 0 Å². The first-order chi connectivity index (χ1) is 6.03. The number of nitrogens with one attached hydrogen (secondary N) is 1. The van der Waals surface area contributed by atoms with Gasteiger partial charge in [-0.15, -0.1) is 0 Å². The molecule has 1 aliphatic rings. The Bertz CT molecular complexity index is 145. The fraction of sp³-hybridized carbons (Fsp3) is 1.00. The summed E-state index contributed by atoms with van der Waals surface area (Å²) in [6.07, 6.45) is 2.46. The highest BCUT2D eigenvalue weighted by Crippen LogP contribution is 2.27. The molecule has 1 heterocycles. The molecule has 0 aromatic heterocycles. The lowest BCUT2D eigenvalue weighted by atomic mass is 9.83. The van der Waals surface area contributed by atoms with Crippen molar-refractivity contribution in [3.8, 4) is 0 Å². The molecule has 1 N–H and O–H groups in total. The van der Waals surface area contributed by atoms with Crippen LogP contribution in [0.2, 0.25) is 0 Å². The minimum absolute atomic E-state index is 0.413. The molecule has 0 aromatic carbocycles. The third kappa shape index (κ3) is 3.65. The second-order valence-electron chi connectivity index (χ2n) is 5.28. The molecule has 0 saturated carbocycles. The summed E-state index contributed by atoms with van der Waals surface area (Å²) < 4.78 is 5.41. The lowest BCUT2D eigenvalue weighted by molar-refractivity contribution is 0.168. The van der Waals surface area contributed by atoms with Gasteiger partial charge in [-0.05, 0) is 31.2 Å². The normalized spacial score (nSPS) is 26.3. The average molecular weight is 185 g/mol. The van der Waals surface area contributed by atoms with E-state index in [9.17, 15) is 0 Å². The number of rotatable bonds is 3. The smallest absolute Gasteiger partial charge is 0.0510 e. The maximum atomic E-state index is 5.41. The van der Waals surface area contributed by atoms with E-state index in [0.717, 1.165) is 19.1 Å². The molecule has 0 spiro atoms. The third-order valence-electron chi connectivity index (χ3n) is 2.74. The second-order valence-corrected chi connectivity index (χ2v) is 5.28. The summed E-state index contributed by atoms with van der Waals surface area (Å²) >= 11 is 0. The van der Waals surface area contributed by atoms with Crippen LogP contribution in [0.3, 0.4) is 0 Å². The van der Waals surface area contributed by atoms with Crippen molar-refractivity contribution in [3.63, 3.8) is 0 Å². The number of hydrogen-bond acceptors (Lipinski definition) is 2. The molecule has 0 radical (unpaired) electrons. The molecule has 0 bridgehead atoms. The zero-order valence-corrected chi connectivity index (χ0v) is 9.39. The maximum Gasteiger partial charge on any atom is 0.0510 e. The van der Waals surface area contributed by atoms with Gasteiger partial charge in [-0.1, -0.05) is 20.8 Å². The predicted molar refractivity (Wildman–Crippen MR) is 55.8 cm³/mol. The van der Waals surface area contributed by atoms with Crippen LogP contribution in [0.15, 0.2) is 0 Å². The minimum Gasteiger partial charge on any atom is -0.381 e. The molecule has 2 nitrogen and oxygen atoms in total. The van der Waals surface area contributed by atoms with Gasteiger partial charge < -0.3 is 10.1 Å². The van der Waals surface area contributed by atoms with Gasteiger partial charge in [-0.25, -0.2) is 0 Å². The molecule has 13 heavy (non-hydrogen) atoms. The summed E-state index contributed by atoms with van der Waals surface area (Å²) in [4.78, 5) is 0. The highest BCUT2D eigenvalue weighted by atomic mass is 16.5. The van der Waals surface area contributed by atoms with Gasteiger partial charge in [0, 0.05) is 12.6 Å². The zero-order chi connectivity index (χ0) is 9.90. The highest BCUT2D eigenvalue weighted by molar-refractivity contribution is 4.82. The Morgan fingerprint density at radius 3 is 2.54 bits per heavy atom.